The molecular formula is C16H16BrN3O2. The predicted molar refractivity (Wildman–Crippen MR) is 89.5 cm³/mol. The lowest BCUT2D eigenvalue weighted by Crippen LogP contribution is -2.33. The Labute approximate surface area is 135 Å². The van der Waals surface area contributed by atoms with E-state index in [9.17, 15) is 4.79 Å². The molecule has 0 spiro atoms. The molecule has 1 aliphatic heterocycles. The minimum atomic E-state index is -0.201. The molecule has 1 saturated heterocycles. The lowest BCUT2D eigenvalue weighted by Gasteiger charge is -2.36. The Balaban J connectivity index is 1.92. The van der Waals surface area contributed by atoms with Crippen LogP contribution in [0.3, 0.4) is 0 Å². The first-order valence-corrected chi connectivity index (χ1v) is 8.24. The van der Waals surface area contributed by atoms with Gasteiger partial charge in [0.1, 0.15) is 5.01 Å². The van der Waals surface area contributed by atoms with Crippen molar-refractivity contribution < 1.29 is 4.74 Å². The molecule has 3 aromatic rings. The highest BCUT2D eigenvalue weighted by atomic mass is 79.9. The van der Waals surface area contributed by atoms with Gasteiger partial charge in [-0.25, -0.2) is 4.79 Å². The highest BCUT2D eigenvalue weighted by Crippen LogP contribution is 2.39. The van der Waals surface area contributed by atoms with Crippen LogP contribution in [0.25, 0.3) is 21.9 Å². The SMILES string of the molecule is CC1(c2ccc3ncc4[nH]c(=O)[nH]c4c3c2)CCOC(Br)C1. The van der Waals surface area contributed by atoms with Gasteiger partial charge in [0.2, 0.25) is 0 Å². The van der Waals surface area contributed by atoms with E-state index >= 15 is 0 Å². The number of benzene rings is 1. The second kappa shape index (κ2) is 4.93. The van der Waals surface area contributed by atoms with Crippen LogP contribution in [0.1, 0.15) is 25.3 Å². The molecular weight excluding hydrogens is 346 g/mol. The Kier molecular flexibility index (Phi) is 3.13. The Bertz CT molecular complexity index is 917. The van der Waals surface area contributed by atoms with Gasteiger partial charge in [0.15, 0.2) is 0 Å². The van der Waals surface area contributed by atoms with Gasteiger partial charge in [-0.15, -0.1) is 0 Å². The van der Waals surface area contributed by atoms with E-state index in [0.717, 1.165) is 41.4 Å². The molecule has 1 aromatic carbocycles. The van der Waals surface area contributed by atoms with Crippen molar-refractivity contribution in [1.29, 1.82) is 0 Å². The van der Waals surface area contributed by atoms with E-state index < -0.39 is 0 Å². The summed E-state index contributed by atoms with van der Waals surface area (Å²) in [6.45, 7) is 3.01. The number of ether oxygens (including phenoxy) is 1. The molecule has 5 nitrogen and oxygen atoms in total. The molecule has 4 rings (SSSR count). The second-order valence-corrected chi connectivity index (χ2v) is 7.17. The van der Waals surface area contributed by atoms with Gasteiger partial charge < -0.3 is 14.7 Å². The number of alkyl halides is 1. The zero-order valence-electron chi connectivity index (χ0n) is 12.1. The van der Waals surface area contributed by atoms with Crippen LogP contribution >= 0.6 is 15.9 Å². The summed E-state index contributed by atoms with van der Waals surface area (Å²) >= 11 is 3.57. The molecule has 0 aliphatic carbocycles. The molecule has 114 valence electrons. The van der Waals surface area contributed by atoms with Crippen LogP contribution in [0.2, 0.25) is 0 Å². The van der Waals surface area contributed by atoms with Crippen LogP contribution in [-0.2, 0) is 10.2 Å². The lowest BCUT2D eigenvalue weighted by atomic mass is 9.76. The van der Waals surface area contributed by atoms with E-state index in [4.69, 9.17) is 4.74 Å². The van der Waals surface area contributed by atoms with Crippen LogP contribution in [0.15, 0.2) is 29.2 Å². The number of nitrogens with zero attached hydrogens (tertiary/aromatic N) is 1. The van der Waals surface area contributed by atoms with Crippen LogP contribution in [0, 0.1) is 0 Å². The van der Waals surface area contributed by atoms with E-state index in [1.54, 1.807) is 6.20 Å². The van der Waals surface area contributed by atoms with Crippen molar-refractivity contribution in [3.63, 3.8) is 0 Å². The third-order valence-corrected chi connectivity index (χ3v) is 5.20. The maximum absolute atomic E-state index is 11.6. The van der Waals surface area contributed by atoms with E-state index in [1.807, 2.05) is 6.07 Å². The van der Waals surface area contributed by atoms with Crippen LogP contribution in [0.5, 0.6) is 0 Å². The molecule has 2 aromatic heterocycles. The zero-order chi connectivity index (χ0) is 15.3. The highest BCUT2D eigenvalue weighted by molar-refractivity contribution is 9.09. The molecule has 3 heterocycles. The monoisotopic (exact) mass is 361 g/mol. The molecule has 0 radical (unpaired) electrons. The third kappa shape index (κ3) is 2.18. The number of hydrogen-bond donors (Lipinski definition) is 2. The summed E-state index contributed by atoms with van der Waals surface area (Å²) in [7, 11) is 0. The number of fused-ring (bicyclic) bond motifs is 3. The average molecular weight is 362 g/mol. The molecule has 1 fully saturated rings. The summed E-state index contributed by atoms with van der Waals surface area (Å²) in [4.78, 5) is 21.6. The number of imidazole rings is 1. The Morgan fingerprint density at radius 1 is 1.41 bits per heavy atom. The Morgan fingerprint density at radius 3 is 3.09 bits per heavy atom. The second-order valence-electron chi connectivity index (χ2n) is 6.15. The summed E-state index contributed by atoms with van der Waals surface area (Å²) in [6, 6.07) is 6.32. The van der Waals surface area contributed by atoms with Crippen molar-refractivity contribution in [2.24, 2.45) is 0 Å². The predicted octanol–water partition coefficient (Wildman–Crippen LogP) is 3.19. The van der Waals surface area contributed by atoms with Crippen molar-refractivity contribution >= 4 is 37.9 Å². The van der Waals surface area contributed by atoms with Gasteiger partial charge in [0.25, 0.3) is 0 Å². The summed E-state index contributed by atoms with van der Waals surface area (Å²) in [5.74, 6) is 0. The van der Waals surface area contributed by atoms with Gasteiger partial charge in [-0.2, -0.15) is 0 Å². The van der Waals surface area contributed by atoms with Gasteiger partial charge in [-0.1, -0.05) is 28.9 Å². The number of halogens is 1. The molecule has 0 bridgehead atoms. The minimum Gasteiger partial charge on any atom is -0.367 e. The van der Waals surface area contributed by atoms with Crippen molar-refractivity contribution in [3.8, 4) is 0 Å². The first-order valence-electron chi connectivity index (χ1n) is 7.32. The van der Waals surface area contributed by atoms with E-state index in [2.05, 4.69) is 49.9 Å². The average Bonchev–Trinajstić information content (AvgIpc) is 2.87. The maximum atomic E-state index is 11.6. The highest BCUT2D eigenvalue weighted by Gasteiger charge is 2.33. The number of nitrogens with one attached hydrogen (secondary N) is 2. The standard InChI is InChI=1S/C16H16BrN3O2/c1-16(4-5-22-13(17)7-16)9-2-3-11-10(6-9)14-12(8-18-11)19-15(21)20-14/h2-3,6,8,13H,4-5,7H2,1H3,(H2,19,20,21). The number of rotatable bonds is 1. The maximum Gasteiger partial charge on any atom is 0.323 e. The van der Waals surface area contributed by atoms with Crippen LogP contribution in [-0.4, -0.2) is 26.6 Å². The van der Waals surface area contributed by atoms with Crippen LogP contribution in [0.4, 0.5) is 0 Å². The molecule has 0 saturated carbocycles. The summed E-state index contributed by atoms with van der Waals surface area (Å²) in [6.07, 6.45) is 3.60. The summed E-state index contributed by atoms with van der Waals surface area (Å²) in [5, 5.41) is 1.06. The van der Waals surface area contributed by atoms with Crippen molar-refractivity contribution in [3.05, 3.63) is 40.4 Å². The Morgan fingerprint density at radius 2 is 2.27 bits per heavy atom. The summed E-state index contributed by atoms with van der Waals surface area (Å²) in [5.41, 5.74) is 3.56. The molecule has 22 heavy (non-hydrogen) atoms. The fraction of sp³-hybridized carbons (Fsp3) is 0.375. The normalized spacial score (nSPS) is 25.8. The van der Waals surface area contributed by atoms with Gasteiger partial charge in [0, 0.05) is 12.0 Å². The largest absolute Gasteiger partial charge is 0.367 e. The third-order valence-electron chi connectivity index (χ3n) is 4.62. The van der Waals surface area contributed by atoms with Crippen molar-refractivity contribution in [1.82, 2.24) is 15.0 Å². The lowest BCUT2D eigenvalue weighted by molar-refractivity contribution is 0.0386. The fourth-order valence-corrected chi connectivity index (χ4v) is 4.16. The Hall–Kier alpha value is -1.66. The topological polar surface area (TPSA) is 70.8 Å². The molecule has 1 aliphatic rings. The van der Waals surface area contributed by atoms with Gasteiger partial charge in [0.05, 0.1) is 22.7 Å². The molecule has 2 unspecified atom stereocenters. The van der Waals surface area contributed by atoms with Crippen LogP contribution < -0.4 is 5.69 Å². The molecule has 2 N–H and O–H groups in total. The first kappa shape index (κ1) is 14.0. The van der Waals surface area contributed by atoms with Crippen molar-refractivity contribution in [2.75, 3.05) is 6.61 Å². The van der Waals surface area contributed by atoms with E-state index in [-0.39, 0.29) is 16.1 Å². The molecule has 0 amide bonds. The number of aromatic nitrogens is 3. The minimum absolute atomic E-state index is 0.0549. The molecule has 2 atom stereocenters. The number of hydrogen-bond acceptors (Lipinski definition) is 3. The molecule has 6 heteroatoms. The number of H-pyrrole nitrogens is 2. The van der Waals surface area contributed by atoms with Crippen molar-refractivity contribution in [2.45, 2.75) is 30.2 Å². The van der Waals surface area contributed by atoms with Gasteiger partial charge in [-0.05, 0) is 36.0 Å². The van der Waals surface area contributed by atoms with Gasteiger partial charge in [-0.3, -0.25) is 4.98 Å². The fourth-order valence-electron chi connectivity index (χ4n) is 3.25. The quantitative estimate of drug-likeness (QED) is 0.653. The smallest absolute Gasteiger partial charge is 0.323 e. The van der Waals surface area contributed by atoms with E-state index in [0.29, 0.717) is 0 Å². The number of pyridine rings is 1. The van der Waals surface area contributed by atoms with Gasteiger partial charge >= 0.3 is 5.69 Å². The number of aromatic amines is 2. The zero-order valence-corrected chi connectivity index (χ0v) is 13.7. The first-order chi connectivity index (χ1) is 10.5. The summed E-state index contributed by atoms with van der Waals surface area (Å²) < 4.78 is 5.61. The van der Waals surface area contributed by atoms with E-state index in [1.165, 1.54) is 5.56 Å².